The van der Waals surface area contributed by atoms with Gasteiger partial charge in [-0.1, -0.05) is 0 Å². The van der Waals surface area contributed by atoms with Gasteiger partial charge in [0.25, 0.3) is 0 Å². The molecule has 0 saturated heterocycles. The van der Waals surface area contributed by atoms with Crippen LogP contribution in [0.5, 0.6) is 0 Å². The number of carbonyl (C=O) groups is 2. The summed E-state index contributed by atoms with van der Waals surface area (Å²) in [6.45, 7) is 8.30. The molecule has 4 atom stereocenters. The first-order chi connectivity index (χ1) is 11.3. The van der Waals surface area contributed by atoms with Crippen molar-refractivity contribution in [1.29, 1.82) is 0 Å². The molecule has 2 aliphatic rings. The fourth-order valence-corrected chi connectivity index (χ4v) is 8.31. The summed E-state index contributed by atoms with van der Waals surface area (Å²) in [5.41, 5.74) is 1.11. The molecule has 3 rings (SSSR count). The molecule has 2 saturated carbocycles. The number of amides is 1. The van der Waals surface area contributed by atoms with Crippen LogP contribution in [0.3, 0.4) is 0 Å². The fraction of sp³-hybridized carbons (Fsp3) is 0.600. The minimum atomic E-state index is -0.139. The van der Waals surface area contributed by atoms with Crippen molar-refractivity contribution in [2.45, 2.75) is 56.7 Å². The van der Waals surface area contributed by atoms with Crippen LogP contribution in [-0.4, -0.2) is 26.6 Å². The third kappa shape index (κ3) is 2.74. The Kier molecular flexibility index (Phi) is 4.65. The van der Waals surface area contributed by atoms with Gasteiger partial charge in [0, 0.05) is 0 Å². The van der Waals surface area contributed by atoms with E-state index in [4.69, 9.17) is 0 Å². The van der Waals surface area contributed by atoms with Crippen LogP contribution in [0.25, 0.3) is 0 Å². The van der Waals surface area contributed by atoms with Gasteiger partial charge in [-0.25, -0.2) is 0 Å². The van der Waals surface area contributed by atoms with Gasteiger partial charge in [-0.15, -0.1) is 0 Å². The van der Waals surface area contributed by atoms with Gasteiger partial charge in [0.2, 0.25) is 0 Å². The van der Waals surface area contributed by atoms with Gasteiger partial charge in [-0.05, 0) is 0 Å². The summed E-state index contributed by atoms with van der Waals surface area (Å²) in [4.78, 5) is 24.8. The number of Topliss-reactive ketones (excluding diaryl/α,β-unsaturated/α-hetero) is 1. The number of nitrogens with one attached hydrogen (secondary N) is 1. The van der Waals surface area contributed by atoms with E-state index in [1.54, 1.807) is 6.92 Å². The van der Waals surface area contributed by atoms with E-state index in [0.717, 1.165) is 17.3 Å². The van der Waals surface area contributed by atoms with Crippen LogP contribution in [0.15, 0.2) is 30.3 Å². The van der Waals surface area contributed by atoms with Gasteiger partial charge in [0.1, 0.15) is 0 Å². The van der Waals surface area contributed by atoms with E-state index in [1.165, 1.54) is 6.42 Å². The summed E-state index contributed by atoms with van der Waals surface area (Å²) in [5, 5.41) is 3.96. The van der Waals surface area contributed by atoms with Crippen LogP contribution >= 0.6 is 0 Å². The predicted octanol–water partition coefficient (Wildman–Crippen LogP) is 3.80. The second kappa shape index (κ2) is 6.31. The molecule has 0 aromatic heterocycles. The van der Waals surface area contributed by atoms with E-state index < -0.39 is 0 Å². The van der Waals surface area contributed by atoms with Crippen LogP contribution in [0.1, 0.15) is 52.1 Å². The average Bonchev–Trinajstić information content (AvgIpc) is 2.85. The summed E-state index contributed by atoms with van der Waals surface area (Å²) >= 11 is 0.208. The number of rotatable bonds is 5. The molecule has 1 N–H and O–H groups in total. The SMILES string of the molecule is CC(=O)N[C@@H](C[Se][C@@H]1C(=O)[C@]2(C)CC[C@H]1C2(C)C)c1ccccc1. The van der Waals surface area contributed by atoms with Crippen LogP contribution in [0, 0.1) is 16.7 Å². The Morgan fingerprint density at radius 1 is 1.29 bits per heavy atom. The van der Waals surface area contributed by atoms with E-state index in [0.29, 0.717) is 11.7 Å². The first-order valence-electron chi connectivity index (χ1n) is 8.75. The summed E-state index contributed by atoms with van der Waals surface area (Å²) in [7, 11) is 0. The second-order valence-corrected chi connectivity index (χ2v) is 10.4. The molecule has 2 bridgehead atoms. The molecule has 1 aromatic carbocycles. The number of hydrogen-bond donors (Lipinski definition) is 1. The molecule has 24 heavy (non-hydrogen) atoms. The molecule has 130 valence electrons. The predicted molar refractivity (Wildman–Crippen MR) is 96.9 cm³/mol. The molecule has 2 aliphatic carbocycles. The Morgan fingerprint density at radius 3 is 2.50 bits per heavy atom. The topological polar surface area (TPSA) is 46.2 Å². The van der Waals surface area contributed by atoms with Crippen molar-refractivity contribution < 1.29 is 9.59 Å². The quantitative estimate of drug-likeness (QED) is 0.775. The Morgan fingerprint density at radius 2 is 1.96 bits per heavy atom. The minimum absolute atomic E-state index is 0.00814. The van der Waals surface area contributed by atoms with E-state index >= 15 is 0 Å². The third-order valence-electron chi connectivity index (χ3n) is 6.49. The fourth-order valence-electron chi connectivity index (χ4n) is 4.55. The molecule has 1 amide bonds. The van der Waals surface area contributed by atoms with Crippen molar-refractivity contribution in [3.05, 3.63) is 35.9 Å². The molecule has 4 heteroatoms. The van der Waals surface area contributed by atoms with Crippen LogP contribution < -0.4 is 5.32 Å². The molecule has 0 spiro atoms. The summed E-state index contributed by atoms with van der Waals surface area (Å²) in [5.74, 6) is 0.994. The molecule has 0 aliphatic heterocycles. The number of benzene rings is 1. The second-order valence-electron chi connectivity index (χ2n) is 7.98. The zero-order valence-electron chi connectivity index (χ0n) is 15.0. The first kappa shape index (κ1) is 17.7. The van der Waals surface area contributed by atoms with Crippen molar-refractivity contribution in [2.24, 2.45) is 16.7 Å². The van der Waals surface area contributed by atoms with Crippen LogP contribution in [0.2, 0.25) is 10.1 Å². The first-order valence-corrected chi connectivity index (χ1v) is 11.0. The summed E-state index contributed by atoms with van der Waals surface area (Å²) in [6.07, 6.45) is 2.22. The van der Waals surface area contributed by atoms with Crippen molar-refractivity contribution in [2.75, 3.05) is 0 Å². The number of fused-ring (bicyclic) bond motifs is 2. The van der Waals surface area contributed by atoms with Crippen molar-refractivity contribution in [3.63, 3.8) is 0 Å². The summed E-state index contributed by atoms with van der Waals surface area (Å²) in [6, 6.07) is 10.1. The van der Waals surface area contributed by atoms with E-state index in [2.05, 4.69) is 38.2 Å². The monoisotopic (exact) mass is 393 g/mol. The van der Waals surface area contributed by atoms with E-state index in [-0.39, 0.29) is 42.6 Å². The van der Waals surface area contributed by atoms with Gasteiger partial charge in [-0.3, -0.25) is 0 Å². The summed E-state index contributed by atoms with van der Waals surface area (Å²) < 4.78 is 0. The van der Waals surface area contributed by atoms with Gasteiger partial charge >= 0.3 is 151 Å². The number of carbonyl (C=O) groups excluding carboxylic acids is 2. The zero-order chi connectivity index (χ0) is 17.5. The number of hydrogen-bond acceptors (Lipinski definition) is 2. The standard InChI is InChI=1S/C20H27NO2Se/c1-13(22)21-16(14-8-6-5-7-9-14)12-24-17-15-10-11-20(4,18(17)23)19(15,2)3/h5-9,15-17H,10-12H2,1-4H3,(H,21,22)/t15-,16+,17+,20+/m1/s1. The molecule has 0 radical (unpaired) electrons. The molecule has 2 fully saturated rings. The van der Waals surface area contributed by atoms with Gasteiger partial charge < -0.3 is 0 Å². The van der Waals surface area contributed by atoms with Crippen LogP contribution in [0.4, 0.5) is 0 Å². The van der Waals surface area contributed by atoms with Crippen molar-refractivity contribution in [1.82, 2.24) is 5.32 Å². The molecule has 3 nitrogen and oxygen atoms in total. The van der Waals surface area contributed by atoms with E-state index in [9.17, 15) is 9.59 Å². The zero-order valence-corrected chi connectivity index (χ0v) is 16.7. The van der Waals surface area contributed by atoms with Gasteiger partial charge in [-0.2, -0.15) is 0 Å². The Bertz CT molecular complexity index is 642. The Labute approximate surface area is 151 Å². The molecule has 0 heterocycles. The van der Waals surface area contributed by atoms with E-state index in [1.807, 2.05) is 18.2 Å². The Hall–Kier alpha value is -1.12. The van der Waals surface area contributed by atoms with Crippen molar-refractivity contribution in [3.8, 4) is 0 Å². The molecule has 0 unspecified atom stereocenters. The normalized spacial score (nSPS) is 31.9. The molecule has 1 aromatic rings. The Balaban J connectivity index is 1.74. The van der Waals surface area contributed by atoms with Crippen LogP contribution in [-0.2, 0) is 9.59 Å². The van der Waals surface area contributed by atoms with Gasteiger partial charge in [0.05, 0.1) is 0 Å². The average molecular weight is 392 g/mol. The van der Waals surface area contributed by atoms with Gasteiger partial charge in [0.15, 0.2) is 0 Å². The molecular formula is C20H27NO2Se. The van der Waals surface area contributed by atoms with Crippen molar-refractivity contribution >= 4 is 26.6 Å². The number of ketones is 1. The maximum atomic E-state index is 13.0. The third-order valence-corrected chi connectivity index (χ3v) is 9.49. The maximum absolute atomic E-state index is 13.0. The molecular weight excluding hydrogens is 365 g/mol.